The lowest BCUT2D eigenvalue weighted by molar-refractivity contribution is -0.133. The van der Waals surface area contributed by atoms with E-state index in [9.17, 15) is 4.79 Å². The van der Waals surface area contributed by atoms with E-state index in [1.54, 1.807) is 13.0 Å². The lowest BCUT2D eigenvalue weighted by Crippen LogP contribution is -2.00. The van der Waals surface area contributed by atoms with Crippen molar-refractivity contribution in [3.8, 4) is 0 Å². The van der Waals surface area contributed by atoms with Crippen molar-refractivity contribution in [1.29, 1.82) is 0 Å². The zero-order chi connectivity index (χ0) is 11.8. The lowest BCUT2D eigenvalue weighted by Gasteiger charge is -1.98. The van der Waals surface area contributed by atoms with Gasteiger partial charge in [0, 0.05) is 5.57 Å². The molecule has 0 aliphatic carbocycles. The zero-order valence-corrected chi connectivity index (χ0v) is 9.64. The predicted molar refractivity (Wildman–Crippen MR) is 65.6 cm³/mol. The van der Waals surface area contributed by atoms with Crippen LogP contribution in [0.25, 0.3) is 6.08 Å². The minimum Gasteiger partial charge on any atom is -0.431 e. The quantitative estimate of drug-likeness (QED) is 0.437. The first-order chi connectivity index (χ1) is 7.74. The highest BCUT2D eigenvalue weighted by molar-refractivity contribution is 5.88. The Labute approximate surface area is 96.2 Å². The molecule has 0 bridgehead atoms. The van der Waals surface area contributed by atoms with E-state index in [1.165, 1.54) is 6.26 Å². The highest BCUT2D eigenvalue weighted by Crippen LogP contribution is 2.03. The van der Waals surface area contributed by atoms with Crippen molar-refractivity contribution >= 4 is 12.0 Å². The molecule has 0 saturated carbocycles. The predicted octanol–water partition coefficient (Wildman–Crippen LogP) is 3.56. The summed E-state index contributed by atoms with van der Waals surface area (Å²) < 4.78 is 4.97. The van der Waals surface area contributed by atoms with Gasteiger partial charge in [0.2, 0.25) is 0 Å². The Balaban J connectivity index is 2.49. The van der Waals surface area contributed by atoms with Gasteiger partial charge >= 0.3 is 5.97 Å². The van der Waals surface area contributed by atoms with Gasteiger partial charge in [-0.05, 0) is 25.0 Å². The molecule has 1 rings (SSSR count). The van der Waals surface area contributed by atoms with E-state index >= 15 is 0 Å². The average molecular weight is 216 g/mol. The molecule has 0 amide bonds. The summed E-state index contributed by atoms with van der Waals surface area (Å²) in [6.07, 6.45) is 5.86. The number of carbonyl (C=O) groups excluding carboxylic acids is 1. The second-order valence-corrected chi connectivity index (χ2v) is 3.41. The summed E-state index contributed by atoms with van der Waals surface area (Å²) in [7, 11) is 0. The molecule has 0 aliphatic rings. The number of esters is 1. The van der Waals surface area contributed by atoms with Crippen LogP contribution in [0.5, 0.6) is 0 Å². The Bertz CT molecular complexity index is 388. The Morgan fingerprint density at radius 3 is 2.62 bits per heavy atom. The second kappa shape index (κ2) is 6.62. The first-order valence-electron chi connectivity index (χ1n) is 5.33. The molecule has 2 heteroatoms. The largest absolute Gasteiger partial charge is 0.431 e. The maximum absolute atomic E-state index is 11.4. The van der Waals surface area contributed by atoms with Gasteiger partial charge in [-0.15, -0.1) is 0 Å². The summed E-state index contributed by atoms with van der Waals surface area (Å²) in [6, 6.07) is 9.70. The Morgan fingerprint density at radius 2 is 2.00 bits per heavy atom. The summed E-state index contributed by atoms with van der Waals surface area (Å²) in [5, 5.41) is 0. The fraction of sp³-hybridized carbons (Fsp3) is 0.214. The SMILES string of the molecule is CCC=C(C)C(=O)OC=Cc1ccccc1. The number of allylic oxidation sites excluding steroid dienone is 1. The smallest absolute Gasteiger partial charge is 0.338 e. The summed E-state index contributed by atoms with van der Waals surface area (Å²) in [6.45, 7) is 3.73. The minimum atomic E-state index is -0.297. The van der Waals surface area contributed by atoms with Gasteiger partial charge in [-0.1, -0.05) is 43.3 Å². The second-order valence-electron chi connectivity index (χ2n) is 3.41. The zero-order valence-electron chi connectivity index (χ0n) is 9.64. The van der Waals surface area contributed by atoms with Gasteiger partial charge in [-0.25, -0.2) is 4.79 Å². The number of ether oxygens (including phenoxy) is 1. The maximum atomic E-state index is 11.4. The molecule has 0 N–H and O–H groups in total. The van der Waals surface area contributed by atoms with E-state index < -0.39 is 0 Å². The fourth-order valence-corrected chi connectivity index (χ4v) is 1.22. The van der Waals surface area contributed by atoms with Crippen molar-refractivity contribution in [3.63, 3.8) is 0 Å². The van der Waals surface area contributed by atoms with E-state index in [-0.39, 0.29) is 5.97 Å². The van der Waals surface area contributed by atoms with Crippen LogP contribution >= 0.6 is 0 Å². The molecule has 0 radical (unpaired) electrons. The van der Waals surface area contributed by atoms with Gasteiger partial charge in [0.1, 0.15) is 0 Å². The van der Waals surface area contributed by atoms with E-state index in [2.05, 4.69) is 0 Å². The number of benzene rings is 1. The van der Waals surface area contributed by atoms with E-state index in [0.29, 0.717) is 5.57 Å². The highest BCUT2D eigenvalue weighted by Gasteiger charge is 2.01. The molecule has 0 unspecified atom stereocenters. The molecule has 0 atom stereocenters. The number of carbonyl (C=O) groups is 1. The molecule has 2 nitrogen and oxygen atoms in total. The van der Waals surface area contributed by atoms with E-state index in [1.807, 2.05) is 43.3 Å². The molecule has 1 aromatic carbocycles. The van der Waals surface area contributed by atoms with Crippen LogP contribution in [0, 0.1) is 0 Å². The van der Waals surface area contributed by atoms with Crippen LogP contribution in [0.2, 0.25) is 0 Å². The van der Waals surface area contributed by atoms with Crippen molar-refractivity contribution in [3.05, 3.63) is 53.8 Å². The molecule has 1 aromatic rings. The molecular formula is C14H16O2. The third-order valence-electron chi connectivity index (χ3n) is 2.07. The van der Waals surface area contributed by atoms with Crippen LogP contribution in [0.1, 0.15) is 25.8 Å². The third-order valence-corrected chi connectivity index (χ3v) is 2.07. The Morgan fingerprint density at radius 1 is 1.31 bits per heavy atom. The Hall–Kier alpha value is -1.83. The fourth-order valence-electron chi connectivity index (χ4n) is 1.22. The number of hydrogen-bond donors (Lipinski definition) is 0. The number of rotatable bonds is 4. The molecule has 0 heterocycles. The lowest BCUT2D eigenvalue weighted by atomic mass is 10.2. The van der Waals surface area contributed by atoms with E-state index in [4.69, 9.17) is 4.74 Å². The molecule has 0 fully saturated rings. The first kappa shape index (κ1) is 12.2. The van der Waals surface area contributed by atoms with Gasteiger partial charge in [0.05, 0.1) is 6.26 Å². The molecular weight excluding hydrogens is 200 g/mol. The van der Waals surface area contributed by atoms with Gasteiger partial charge in [0.25, 0.3) is 0 Å². The van der Waals surface area contributed by atoms with Crippen LogP contribution in [-0.4, -0.2) is 5.97 Å². The summed E-state index contributed by atoms with van der Waals surface area (Å²) in [5.41, 5.74) is 1.65. The minimum absolute atomic E-state index is 0.297. The van der Waals surface area contributed by atoms with Crippen molar-refractivity contribution in [2.75, 3.05) is 0 Å². The van der Waals surface area contributed by atoms with E-state index in [0.717, 1.165) is 12.0 Å². The molecule has 0 aromatic heterocycles. The third kappa shape index (κ3) is 4.13. The average Bonchev–Trinajstić information content (AvgIpc) is 2.30. The van der Waals surface area contributed by atoms with Crippen molar-refractivity contribution in [1.82, 2.24) is 0 Å². The first-order valence-corrected chi connectivity index (χ1v) is 5.33. The normalized spacial score (nSPS) is 11.8. The van der Waals surface area contributed by atoms with Crippen molar-refractivity contribution in [2.24, 2.45) is 0 Å². The van der Waals surface area contributed by atoms with Crippen LogP contribution in [-0.2, 0) is 9.53 Å². The van der Waals surface area contributed by atoms with Gasteiger partial charge < -0.3 is 4.74 Å². The van der Waals surface area contributed by atoms with Crippen molar-refractivity contribution in [2.45, 2.75) is 20.3 Å². The van der Waals surface area contributed by atoms with Crippen LogP contribution in [0.3, 0.4) is 0 Å². The maximum Gasteiger partial charge on any atom is 0.338 e. The van der Waals surface area contributed by atoms with Gasteiger partial charge in [-0.2, -0.15) is 0 Å². The van der Waals surface area contributed by atoms with Gasteiger partial charge in [-0.3, -0.25) is 0 Å². The van der Waals surface area contributed by atoms with Crippen molar-refractivity contribution < 1.29 is 9.53 Å². The number of hydrogen-bond acceptors (Lipinski definition) is 2. The summed E-state index contributed by atoms with van der Waals surface area (Å²) >= 11 is 0. The molecule has 0 aliphatic heterocycles. The summed E-state index contributed by atoms with van der Waals surface area (Å²) in [4.78, 5) is 11.4. The van der Waals surface area contributed by atoms with Gasteiger partial charge in [0.15, 0.2) is 0 Å². The summed E-state index contributed by atoms with van der Waals surface area (Å²) in [5.74, 6) is -0.297. The van der Waals surface area contributed by atoms with Crippen LogP contribution in [0.4, 0.5) is 0 Å². The van der Waals surface area contributed by atoms with Crippen LogP contribution < -0.4 is 0 Å². The monoisotopic (exact) mass is 216 g/mol. The topological polar surface area (TPSA) is 26.3 Å². The molecule has 84 valence electrons. The van der Waals surface area contributed by atoms with Crippen LogP contribution in [0.15, 0.2) is 48.2 Å². The molecule has 0 spiro atoms. The Kier molecular flexibility index (Phi) is 5.06. The molecule has 16 heavy (non-hydrogen) atoms. The molecule has 0 saturated heterocycles. The highest BCUT2D eigenvalue weighted by atomic mass is 16.5. The standard InChI is InChI=1S/C14H16O2/c1-3-7-12(2)14(15)16-11-10-13-8-5-4-6-9-13/h4-11H,3H2,1-2H3.